The molecular formula is C20H24N2O5. The van der Waals surface area contributed by atoms with Gasteiger partial charge in [0.05, 0.1) is 14.2 Å². The molecule has 144 valence electrons. The van der Waals surface area contributed by atoms with Gasteiger partial charge in [-0.15, -0.1) is 0 Å². The van der Waals surface area contributed by atoms with Crippen LogP contribution >= 0.6 is 0 Å². The molecule has 0 saturated heterocycles. The van der Waals surface area contributed by atoms with Gasteiger partial charge in [0.25, 0.3) is 11.8 Å². The summed E-state index contributed by atoms with van der Waals surface area (Å²) in [5.74, 6) is 0.120. The molecule has 0 aliphatic rings. The van der Waals surface area contributed by atoms with Crippen molar-refractivity contribution < 1.29 is 23.8 Å². The van der Waals surface area contributed by atoms with Gasteiger partial charge in [-0.25, -0.2) is 0 Å². The zero-order valence-electron chi connectivity index (χ0n) is 15.9. The van der Waals surface area contributed by atoms with Crippen LogP contribution in [0.15, 0.2) is 36.4 Å². The highest BCUT2D eigenvalue weighted by molar-refractivity contribution is 6.05. The number of carbonyl (C=O) groups is 2. The number of primary amides is 1. The Labute approximate surface area is 158 Å². The van der Waals surface area contributed by atoms with Gasteiger partial charge in [-0.05, 0) is 35.7 Å². The van der Waals surface area contributed by atoms with Crippen LogP contribution in [0.25, 0.3) is 0 Å². The molecule has 0 fully saturated rings. The van der Waals surface area contributed by atoms with Gasteiger partial charge in [-0.1, -0.05) is 26.0 Å². The fourth-order valence-corrected chi connectivity index (χ4v) is 2.48. The summed E-state index contributed by atoms with van der Waals surface area (Å²) in [7, 11) is 2.86. The van der Waals surface area contributed by atoms with Crippen LogP contribution in [0, 0.1) is 0 Å². The van der Waals surface area contributed by atoms with Crippen LogP contribution in [0.1, 0.15) is 35.7 Å². The number of carbonyl (C=O) groups excluding carboxylic acids is 2. The minimum absolute atomic E-state index is 0.206. The topological polar surface area (TPSA) is 99.9 Å². The minimum Gasteiger partial charge on any atom is -0.493 e. The van der Waals surface area contributed by atoms with E-state index >= 15 is 0 Å². The van der Waals surface area contributed by atoms with Gasteiger partial charge in [0, 0.05) is 11.3 Å². The summed E-state index contributed by atoms with van der Waals surface area (Å²) in [6.07, 6.45) is 0. The van der Waals surface area contributed by atoms with Crippen molar-refractivity contribution in [2.24, 2.45) is 5.73 Å². The molecule has 0 bridgehead atoms. The number of hydrogen-bond donors (Lipinski definition) is 2. The molecule has 7 nitrogen and oxygen atoms in total. The average molecular weight is 372 g/mol. The number of hydrogen-bond acceptors (Lipinski definition) is 5. The third kappa shape index (κ3) is 5.13. The SMILES string of the molecule is COc1cc(C(=O)Nc2cccc(C(C)C)c2)cc(OC)c1OCC(N)=O. The van der Waals surface area contributed by atoms with Gasteiger partial charge in [0.1, 0.15) is 0 Å². The summed E-state index contributed by atoms with van der Waals surface area (Å²) in [6.45, 7) is 3.84. The zero-order chi connectivity index (χ0) is 20.0. The van der Waals surface area contributed by atoms with Crippen molar-refractivity contribution in [3.05, 3.63) is 47.5 Å². The van der Waals surface area contributed by atoms with Crippen LogP contribution in [0.5, 0.6) is 17.2 Å². The number of benzene rings is 2. The van der Waals surface area contributed by atoms with Crippen molar-refractivity contribution >= 4 is 17.5 Å². The monoisotopic (exact) mass is 372 g/mol. The van der Waals surface area contributed by atoms with Gasteiger partial charge in [0.2, 0.25) is 5.75 Å². The van der Waals surface area contributed by atoms with Crippen LogP contribution in [0.3, 0.4) is 0 Å². The van der Waals surface area contributed by atoms with Crippen molar-refractivity contribution in [2.75, 3.05) is 26.1 Å². The molecule has 7 heteroatoms. The Morgan fingerprint density at radius 1 is 1.07 bits per heavy atom. The number of anilines is 1. The third-order valence-corrected chi connectivity index (χ3v) is 3.89. The molecule has 0 atom stereocenters. The van der Waals surface area contributed by atoms with Gasteiger partial charge in [-0.3, -0.25) is 9.59 Å². The van der Waals surface area contributed by atoms with Crippen molar-refractivity contribution in [2.45, 2.75) is 19.8 Å². The molecule has 0 heterocycles. The Hall–Kier alpha value is -3.22. The van der Waals surface area contributed by atoms with Crippen molar-refractivity contribution in [1.29, 1.82) is 0 Å². The lowest BCUT2D eigenvalue weighted by atomic mass is 10.0. The van der Waals surface area contributed by atoms with Crippen LogP contribution in [-0.2, 0) is 4.79 Å². The van der Waals surface area contributed by atoms with Crippen LogP contribution < -0.4 is 25.3 Å². The maximum atomic E-state index is 12.7. The van der Waals surface area contributed by atoms with E-state index in [2.05, 4.69) is 19.2 Å². The molecular weight excluding hydrogens is 348 g/mol. The minimum atomic E-state index is -0.633. The fraction of sp³-hybridized carbons (Fsp3) is 0.300. The van der Waals surface area contributed by atoms with Crippen LogP contribution in [-0.4, -0.2) is 32.6 Å². The molecule has 2 aromatic carbocycles. The van der Waals surface area contributed by atoms with Gasteiger partial charge in [-0.2, -0.15) is 0 Å². The van der Waals surface area contributed by atoms with Gasteiger partial charge < -0.3 is 25.3 Å². The van der Waals surface area contributed by atoms with Crippen LogP contribution in [0.4, 0.5) is 5.69 Å². The largest absolute Gasteiger partial charge is 0.493 e. The molecule has 27 heavy (non-hydrogen) atoms. The first-order valence-corrected chi connectivity index (χ1v) is 8.44. The summed E-state index contributed by atoms with van der Waals surface area (Å²) in [6, 6.07) is 10.7. The first kappa shape index (κ1) is 20.1. The maximum Gasteiger partial charge on any atom is 0.255 e. The highest BCUT2D eigenvalue weighted by atomic mass is 16.5. The first-order chi connectivity index (χ1) is 12.8. The van der Waals surface area contributed by atoms with E-state index in [4.69, 9.17) is 19.9 Å². The van der Waals surface area contributed by atoms with E-state index in [9.17, 15) is 9.59 Å². The molecule has 0 radical (unpaired) electrons. The Morgan fingerprint density at radius 2 is 1.70 bits per heavy atom. The zero-order valence-corrected chi connectivity index (χ0v) is 15.9. The van der Waals surface area contributed by atoms with E-state index in [0.29, 0.717) is 17.2 Å². The van der Waals surface area contributed by atoms with Crippen LogP contribution in [0.2, 0.25) is 0 Å². The van der Waals surface area contributed by atoms with E-state index in [-0.39, 0.29) is 29.8 Å². The van der Waals surface area contributed by atoms with Crippen molar-refractivity contribution in [1.82, 2.24) is 0 Å². The Bertz CT molecular complexity index is 808. The molecule has 0 aromatic heterocycles. The van der Waals surface area contributed by atoms with E-state index < -0.39 is 5.91 Å². The number of rotatable bonds is 8. The van der Waals surface area contributed by atoms with Gasteiger partial charge >= 0.3 is 0 Å². The van der Waals surface area contributed by atoms with Crippen molar-refractivity contribution in [3.8, 4) is 17.2 Å². The lowest BCUT2D eigenvalue weighted by Crippen LogP contribution is -2.20. The molecule has 0 spiro atoms. The summed E-state index contributed by atoms with van der Waals surface area (Å²) in [5, 5.41) is 2.86. The number of nitrogens with one attached hydrogen (secondary N) is 1. The van der Waals surface area contributed by atoms with E-state index in [1.54, 1.807) is 0 Å². The lowest BCUT2D eigenvalue weighted by Gasteiger charge is -2.15. The summed E-state index contributed by atoms with van der Waals surface area (Å²) < 4.78 is 15.9. The second-order valence-electron chi connectivity index (χ2n) is 6.20. The van der Waals surface area contributed by atoms with E-state index in [1.807, 2.05) is 24.3 Å². The van der Waals surface area contributed by atoms with E-state index in [1.165, 1.54) is 26.4 Å². The first-order valence-electron chi connectivity index (χ1n) is 8.44. The number of nitrogens with two attached hydrogens (primary N) is 1. The van der Waals surface area contributed by atoms with Crippen molar-refractivity contribution in [3.63, 3.8) is 0 Å². The van der Waals surface area contributed by atoms with E-state index in [0.717, 1.165) is 5.56 Å². The molecule has 2 amide bonds. The predicted octanol–water partition coefficient (Wildman–Crippen LogP) is 2.94. The summed E-state index contributed by atoms with van der Waals surface area (Å²) >= 11 is 0. The predicted molar refractivity (Wildman–Crippen MR) is 103 cm³/mol. The molecule has 0 saturated carbocycles. The Balaban J connectivity index is 2.30. The summed E-state index contributed by atoms with van der Waals surface area (Å²) in [4.78, 5) is 23.6. The maximum absolute atomic E-state index is 12.7. The number of amides is 2. The molecule has 3 N–H and O–H groups in total. The van der Waals surface area contributed by atoms with Gasteiger partial charge in [0.15, 0.2) is 18.1 Å². The fourth-order valence-electron chi connectivity index (χ4n) is 2.48. The Kier molecular flexibility index (Phi) is 6.65. The summed E-state index contributed by atoms with van der Waals surface area (Å²) in [5.41, 5.74) is 7.25. The molecule has 0 aliphatic carbocycles. The Morgan fingerprint density at radius 3 is 2.22 bits per heavy atom. The third-order valence-electron chi connectivity index (χ3n) is 3.89. The normalized spacial score (nSPS) is 10.4. The smallest absolute Gasteiger partial charge is 0.255 e. The number of ether oxygens (including phenoxy) is 3. The average Bonchev–Trinajstić information content (AvgIpc) is 2.65. The second-order valence-corrected chi connectivity index (χ2v) is 6.20. The molecule has 2 rings (SSSR count). The quantitative estimate of drug-likeness (QED) is 0.742. The number of methoxy groups -OCH3 is 2. The highest BCUT2D eigenvalue weighted by Crippen LogP contribution is 2.38. The standard InChI is InChI=1S/C20H24N2O5/c1-12(2)13-6-5-7-15(8-13)22-20(24)14-9-16(25-3)19(17(10-14)26-4)27-11-18(21)23/h5-10,12H,11H2,1-4H3,(H2,21,23)(H,22,24). The molecule has 2 aromatic rings. The second kappa shape index (κ2) is 8.93. The highest BCUT2D eigenvalue weighted by Gasteiger charge is 2.18. The lowest BCUT2D eigenvalue weighted by molar-refractivity contribution is -0.120. The molecule has 0 unspecified atom stereocenters. The molecule has 0 aliphatic heterocycles.